The molecule has 0 saturated heterocycles. The van der Waals surface area contributed by atoms with Crippen LogP contribution in [-0.2, 0) is 14.6 Å². The zero-order valence-electron chi connectivity index (χ0n) is 18.2. The molecule has 0 aromatic rings. The molecule has 1 unspecified atom stereocenters. The van der Waals surface area contributed by atoms with Gasteiger partial charge in [-0.15, -0.1) is 0 Å². The number of hydrogen-bond acceptors (Lipinski definition) is 5. The van der Waals surface area contributed by atoms with Crippen LogP contribution in [0.25, 0.3) is 0 Å². The monoisotopic (exact) mass is 438 g/mol. The van der Waals surface area contributed by atoms with Crippen molar-refractivity contribution in [3.63, 3.8) is 0 Å². The second-order valence-electron chi connectivity index (χ2n) is 11.5. The van der Waals surface area contributed by atoms with Crippen LogP contribution >= 0.6 is 0 Å². The molecule has 29 heavy (non-hydrogen) atoms. The Morgan fingerprint density at radius 1 is 1.03 bits per heavy atom. The Morgan fingerprint density at radius 3 is 2.38 bits per heavy atom. The van der Waals surface area contributed by atoms with Crippen LogP contribution in [0.1, 0.15) is 78.6 Å². The van der Waals surface area contributed by atoms with Crippen LogP contribution in [0.5, 0.6) is 0 Å². The summed E-state index contributed by atoms with van der Waals surface area (Å²) in [6, 6.07) is 0. The molecule has 0 aromatic carbocycles. The number of hydrogen-bond donors (Lipinski definition) is 3. The summed E-state index contributed by atoms with van der Waals surface area (Å²) in [6.07, 6.45) is 8.91. The number of rotatable bonds is 3. The molecule has 0 radical (unpaired) electrons. The van der Waals surface area contributed by atoms with Crippen molar-refractivity contribution in [1.82, 2.24) is 0 Å². The zero-order chi connectivity index (χ0) is 21.5. The third kappa shape index (κ3) is 3.60. The fourth-order valence-electron chi connectivity index (χ4n) is 8.76. The van der Waals surface area contributed by atoms with E-state index in [-0.39, 0.29) is 22.9 Å². The van der Waals surface area contributed by atoms with E-state index in [1.807, 2.05) is 0 Å². The van der Waals surface area contributed by atoms with Crippen LogP contribution in [0.4, 0.5) is 0 Å². The van der Waals surface area contributed by atoms with E-state index < -0.39 is 16.2 Å². The third-order valence-electron chi connectivity index (χ3n) is 10.3. The van der Waals surface area contributed by atoms with E-state index in [1.165, 1.54) is 19.8 Å². The van der Waals surface area contributed by atoms with E-state index in [9.17, 15) is 18.6 Å². The molecule has 8 heteroatoms. The molecule has 6 nitrogen and oxygen atoms in total. The van der Waals surface area contributed by atoms with Crippen LogP contribution in [0.15, 0.2) is 0 Å². The molecular formula is C21H35NaO6S. The van der Waals surface area contributed by atoms with Crippen LogP contribution < -0.4 is 0 Å². The van der Waals surface area contributed by atoms with Gasteiger partial charge in [-0.05, 0) is 0 Å². The van der Waals surface area contributed by atoms with E-state index >= 15 is 0 Å². The van der Waals surface area contributed by atoms with Gasteiger partial charge in [-0.3, -0.25) is 0 Å². The fraction of sp³-hybridized carbons (Fsp3) is 1.00. The molecule has 0 heterocycles. The molecule has 4 rings (SSSR count). The predicted octanol–water partition coefficient (Wildman–Crippen LogP) is 3.25. The molecule has 0 bridgehead atoms. The first-order valence-electron chi connectivity index (χ1n) is 11.3. The Kier molecular flexibility index (Phi) is 5.66. The average molecular weight is 439 g/mol. The summed E-state index contributed by atoms with van der Waals surface area (Å²) < 4.78 is 36.9. The maximum absolute atomic E-state index is 11.3. The van der Waals surface area contributed by atoms with Gasteiger partial charge in [0, 0.05) is 0 Å². The molecule has 9 atom stereocenters. The van der Waals surface area contributed by atoms with E-state index in [0.717, 1.165) is 66.5 Å². The Morgan fingerprint density at radius 2 is 1.72 bits per heavy atom. The normalized spacial score (nSPS) is 52.2. The van der Waals surface area contributed by atoms with Crippen LogP contribution in [-0.4, -0.2) is 63.0 Å². The number of aliphatic hydroxyl groups excluding tert-OH is 1. The van der Waals surface area contributed by atoms with Gasteiger partial charge in [0.1, 0.15) is 0 Å². The predicted molar refractivity (Wildman–Crippen MR) is 109 cm³/mol. The van der Waals surface area contributed by atoms with E-state index in [1.54, 1.807) is 0 Å². The summed E-state index contributed by atoms with van der Waals surface area (Å²) in [5.41, 5.74) is 0.0965. The summed E-state index contributed by atoms with van der Waals surface area (Å²) in [6.45, 7) is 6.07. The zero-order valence-corrected chi connectivity index (χ0v) is 21.0. The van der Waals surface area contributed by atoms with Gasteiger partial charge in [-0.25, -0.2) is 0 Å². The standard InChI is InChI=1S/C21H35O6S.Na/c1-19-10-8-14(22)12-13(19)4-5-15-16-6-7-18(20(16,2)11-9-17(15)19)21(3,23)27-28(24,25)26;/h14-18,22-23H,4-12H2,1-3H3,(H,24,25,26);/t14-,15-,16-,17-,18-,19-,20-,21+;/m0./s1. The molecule has 0 amide bonds. The molecule has 4 aliphatic carbocycles. The Balaban J connectivity index is 1.61. The quantitative estimate of drug-likeness (QED) is 0.355. The Hall–Kier alpha value is 0.790. The second kappa shape index (κ2) is 7.14. The number of aliphatic hydroxyl groups is 2. The summed E-state index contributed by atoms with van der Waals surface area (Å²) in [7, 11) is -4.72. The first-order chi connectivity index (χ1) is 13.2. The summed E-state index contributed by atoms with van der Waals surface area (Å²) >= 11 is 1.12. The van der Waals surface area contributed by atoms with Gasteiger partial charge >= 0.3 is 193 Å². The molecule has 0 spiro atoms. The summed E-state index contributed by atoms with van der Waals surface area (Å²) in [4.78, 5) is 0. The second-order valence-corrected chi connectivity index (χ2v) is 14.5. The third-order valence-corrected chi connectivity index (χ3v) is 12.9. The van der Waals surface area contributed by atoms with Crippen molar-refractivity contribution >= 4 is 38.3 Å². The molecule has 0 aliphatic heterocycles. The molecule has 3 N–H and O–H groups in total. The van der Waals surface area contributed by atoms with Gasteiger partial charge in [0.2, 0.25) is 0 Å². The molecule has 4 fully saturated rings. The number of fused-ring (bicyclic) bond motifs is 5. The molecule has 162 valence electrons. The van der Waals surface area contributed by atoms with E-state index in [4.69, 9.17) is 8.74 Å². The van der Waals surface area contributed by atoms with E-state index in [0.29, 0.717) is 26.8 Å². The van der Waals surface area contributed by atoms with Gasteiger partial charge in [0.05, 0.1) is 0 Å². The van der Waals surface area contributed by atoms with Gasteiger partial charge < -0.3 is 0 Å². The Labute approximate surface area is 192 Å². The van der Waals surface area contributed by atoms with Crippen molar-refractivity contribution in [1.29, 1.82) is 0 Å². The summed E-state index contributed by atoms with van der Waals surface area (Å²) in [5, 5.41) is 21.2. The SMILES string of the molecule is C[C@]12CC[C@H]3[C@@H](CC[C]4([Na])C[C@@H](O)CC[C@]34C)[C@@H]1CC[C@@H]2[C@](C)(O)OS(=O)(=O)O. The van der Waals surface area contributed by atoms with Crippen molar-refractivity contribution in [2.45, 2.75) is 93.1 Å². The van der Waals surface area contributed by atoms with Gasteiger partial charge in [-0.2, -0.15) is 0 Å². The van der Waals surface area contributed by atoms with Crippen LogP contribution in [0.2, 0.25) is 2.66 Å². The van der Waals surface area contributed by atoms with Crippen molar-refractivity contribution in [3.8, 4) is 0 Å². The van der Waals surface area contributed by atoms with Gasteiger partial charge in [0.25, 0.3) is 0 Å². The van der Waals surface area contributed by atoms with Crippen LogP contribution in [0.3, 0.4) is 0 Å². The van der Waals surface area contributed by atoms with E-state index in [2.05, 4.69) is 13.8 Å². The fourth-order valence-corrected chi connectivity index (χ4v) is 10.7. The van der Waals surface area contributed by atoms with Crippen molar-refractivity contribution in [2.24, 2.45) is 34.5 Å². The summed E-state index contributed by atoms with van der Waals surface area (Å²) in [5.74, 6) is -0.531. The molecule has 4 saturated carbocycles. The molecule has 0 aromatic heterocycles. The average Bonchev–Trinajstić information content (AvgIpc) is 2.92. The molecule has 4 aliphatic rings. The first kappa shape index (κ1) is 23.0. The molecular weight excluding hydrogens is 403 g/mol. The topological polar surface area (TPSA) is 104 Å². The van der Waals surface area contributed by atoms with Crippen LogP contribution in [0, 0.1) is 34.5 Å². The Bertz CT molecular complexity index is 771. The van der Waals surface area contributed by atoms with Crippen molar-refractivity contribution < 1.29 is 27.4 Å². The van der Waals surface area contributed by atoms with Crippen molar-refractivity contribution in [2.75, 3.05) is 0 Å². The van der Waals surface area contributed by atoms with Gasteiger partial charge in [0.15, 0.2) is 0 Å². The van der Waals surface area contributed by atoms with Gasteiger partial charge in [-0.1, -0.05) is 0 Å². The van der Waals surface area contributed by atoms with Crippen molar-refractivity contribution in [3.05, 3.63) is 0 Å². The first-order valence-corrected chi connectivity index (χ1v) is 13.7. The minimum absolute atomic E-state index is 0.144. The minimum atomic E-state index is -4.72. The maximum atomic E-state index is 11.3.